The summed E-state index contributed by atoms with van der Waals surface area (Å²) in [5.74, 6) is 1.67. The van der Waals surface area contributed by atoms with Crippen LogP contribution < -0.4 is 14.2 Å². The lowest BCUT2D eigenvalue weighted by Gasteiger charge is -2.06. The van der Waals surface area contributed by atoms with Crippen LogP contribution in [0.4, 0.5) is 0 Å². The van der Waals surface area contributed by atoms with Gasteiger partial charge in [-0.3, -0.25) is 4.79 Å². The van der Waals surface area contributed by atoms with Crippen LogP contribution in [-0.4, -0.2) is 24.1 Å². The van der Waals surface area contributed by atoms with Crippen LogP contribution in [0.3, 0.4) is 0 Å². The molecule has 1 heterocycles. The monoisotopic (exact) mass is 354 g/mol. The molecule has 1 N–H and O–H groups in total. The van der Waals surface area contributed by atoms with Gasteiger partial charge in [-0.1, -0.05) is 19.4 Å². The van der Waals surface area contributed by atoms with Crippen LogP contribution in [-0.2, 0) is 0 Å². The Kier molecular flexibility index (Phi) is 5.46. The Balaban J connectivity index is 1.81. The molecule has 0 radical (unpaired) electrons. The quantitative estimate of drug-likeness (QED) is 0.582. The van der Waals surface area contributed by atoms with Crippen molar-refractivity contribution in [1.29, 1.82) is 0 Å². The van der Waals surface area contributed by atoms with Crippen molar-refractivity contribution < 1.29 is 24.1 Å². The van der Waals surface area contributed by atoms with E-state index in [1.807, 2.05) is 6.92 Å². The Bertz CT molecular complexity index is 838. The van der Waals surface area contributed by atoms with E-state index >= 15 is 0 Å². The number of phenols is 1. The Morgan fingerprint density at radius 3 is 2.73 bits per heavy atom. The van der Waals surface area contributed by atoms with Crippen molar-refractivity contribution in [3.63, 3.8) is 0 Å². The second-order valence-electron chi connectivity index (χ2n) is 5.96. The summed E-state index contributed by atoms with van der Waals surface area (Å²) in [6.45, 7) is 5.00. The molecule has 0 fully saturated rings. The van der Waals surface area contributed by atoms with Crippen molar-refractivity contribution in [1.82, 2.24) is 0 Å². The topological polar surface area (TPSA) is 65.0 Å². The maximum Gasteiger partial charge on any atom is 0.232 e. The smallest absolute Gasteiger partial charge is 0.232 e. The standard InChI is InChI=1S/C21H22O5/c1-3-5-10-25-15-7-9-18-16(13-15)21(23)20(26-18)12-14-6-8-17(22)19(11-14)24-4-2/h6-9,11-13,22H,3-5,10H2,1-2H3/b20-12-. The predicted octanol–water partition coefficient (Wildman–Crippen LogP) is 4.59. The summed E-state index contributed by atoms with van der Waals surface area (Å²) >= 11 is 0. The van der Waals surface area contributed by atoms with E-state index in [1.165, 1.54) is 6.07 Å². The van der Waals surface area contributed by atoms with Gasteiger partial charge in [0.2, 0.25) is 5.78 Å². The molecule has 0 aromatic heterocycles. The second kappa shape index (κ2) is 7.95. The molecule has 0 saturated heterocycles. The summed E-state index contributed by atoms with van der Waals surface area (Å²) in [4.78, 5) is 12.6. The van der Waals surface area contributed by atoms with Crippen molar-refractivity contribution in [3.05, 3.63) is 53.3 Å². The number of aromatic hydroxyl groups is 1. The molecule has 5 nitrogen and oxygen atoms in total. The van der Waals surface area contributed by atoms with E-state index in [0.717, 1.165) is 12.8 Å². The van der Waals surface area contributed by atoms with Gasteiger partial charge in [0.15, 0.2) is 17.3 Å². The van der Waals surface area contributed by atoms with E-state index in [2.05, 4.69) is 6.92 Å². The van der Waals surface area contributed by atoms with Crippen LogP contribution in [0.15, 0.2) is 42.2 Å². The van der Waals surface area contributed by atoms with Gasteiger partial charge in [-0.25, -0.2) is 0 Å². The number of carbonyl (C=O) groups is 1. The van der Waals surface area contributed by atoms with Crippen LogP contribution in [0.1, 0.15) is 42.6 Å². The molecule has 0 atom stereocenters. The highest BCUT2D eigenvalue weighted by Crippen LogP contribution is 2.35. The molecule has 1 aliphatic rings. The van der Waals surface area contributed by atoms with E-state index in [4.69, 9.17) is 14.2 Å². The molecule has 1 aliphatic heterocycles. The fourth-order valence-corrected chi connectivity index (χ4v) is 2.64. The molecule has 0 aliphatic carbocycles. The normalized spacial score (nSPS) is 14.2. The largest absolute Gasteiger partial charge is 0.504 e. The first-order valence-electron chi connectivity index (χ1n) is 8.79. The number of carbonyl (C=O) groups excluding carboxylic acids is 1. The second-order valence-corrected chi connectivity index (χ2v) is 5.96. The van der Waals surface area contributed by atoms with Crippen molar-refractivity contribution in [2.75, 3.05) is 13.2 Å². The summed E-state index contributed by atoms with van der Waals surface area (Å²) in [5, 5.41) is 9.78. The number of rotatable bonds is 7. The number of unbranched alkanes of at least 4 members (excludes halogenated alkanes) is 1. The van der Waals surface area contributed by atoms with Gasteiger partial charge in [0.1, 0.15) is 11.5 Å². The summed E-state index contributed by atoms with van der Waals surface area (Å²) < 4.78 is 16.7. The molecule has 26 heavy (non-hydrogen) atoms. The lowest BCUT2D eigenvalue weighted by molar-refractivity contribution is 0.101. The molecule has 2 aromatic carbocycles. The Morgan fingerprint density at radius 2 is 1.96 bits per heavy atom. The highest BCUT2D eigenvalue weighted by atomic mass is 16.5. The van der Waals surface area contributed by atoms with Gasteiger partial charge in [0.25, 0.3) is 0 Å². The van der Waals surface area contributed by atoms with Crippen LogP contribution in [0.5, 0.6) is 23.0 Å². The van der Waals surface area contributed by atoms with Gasteiger partial charge < -0.3 is 19.3 Å². The minimum absolute atomic E-state index is 0.0600. The molecular weight excluding hydrogens is 332 g/mol. The SMILES string of the molecule is CCCCOc1ccc2c(c1)C(=O)/C(=C/c1ccc(O)c(OCC)c1)O2. The number of Topliss-reactive ketones (excluding diaryl/α,β-unsaturated/α-hetero) is 1. The highest BCUT2D eigenvalue weighted by molar-refractivity contribution is 6.14. The Hall–Kier alpha value is -2.95. The number of fused-ring (bicyclic) bond motifs is 1. The molecule has 3 rings (SSSR count). The first kappa shape index (κ1) is 17.9. The van der Waals surface area contributed by atoms with Crippen LogP contribution in [0.25, 0.3) is 6.08 Å². The number of hydrogen-bond acceptors (Lipinski definition) is 5. The van der Waals surface area contributed by atoms with Crippen LogP contribution in [0.2, 0.25) is 0 Å². The van der Waals surface area contributed by atoms with Crippen molar-refractivity contribution in [2.45, 2.75) is 26.7 Å². The van der Waals surface area contributed by atoms with Gasteiger partial charge in [-0.05, 0) is 55.3 Å². The number of ether oxygens (including phenoxy) is 3. The van der Waals surface area contributed by atoms with Crippen molar-refractivity contribution in [2.24, 2.45) is 0 Å². The van der Waals surface area contributed by atoms with E-state index < -0.39 is 0 Å². The first-order valence-corrected chi connectivity index (χ1v) is 8.79. The van der Waals surface area contributed by atoms with E-state index in [1.54, 1.807) is 36.4 Å². The Morgan fingerprint density at radius 1 is 1.12 bits per heavy atom. The molecule has 0 bridgehead atoms. The molecule has 0 unspecified atom stereocenters. The fourth-order valence-electron chi connectivity index (χ4n) is 2.64. The molecule has 0 amide bonds. The van der Waals surface area contributed by atoms with E-state index in [9.17, 15) is 9.90 Å². The number of hydrogen-bond donors (Lipinski definition) is 1. The van der Waals surface area contributed by atoms with Gasteiger partial charge in [0, 0.05) is 0 Å². The van der Waals surface area contributed by atoms with Gasteiger partial charge in [-0.15, -0.1) is 0 Å². The third-order valence-electron chi connectivity index (χ3n) is 3.99. The molecule has 0 saturated carbocycles. The third-order valence-corrected chi connectivity index (χ3v) is 3.99. The zero-order chi connectivity index (χ0) is 18.5. The maximum atomic E-state index is 12.6. The summed E-state index contributed by atoms with van der Waals surface area (Å²) in [7, 11) is 0. The average molecular weight is 354 g/mol. The molecule has 0 spiro atoms. The van der Waals surface area contributed by atoms with Gasteiger partial charge in [-0.2, -0.15) is 0 Å². The van der Waals surface area contributed by atoms with Crippen molar-refractivity contribution >= 4 is 11.9 Å². The van der Waals surface area contributed by atoms with Gasteiger partial charge >= 0.3 is 0 Å². The number of ketones is 1. The lowest BCUT2D eigenvalue weighted by atomic mass is 10.1. The summed E-state index contributed by atoms with van der Waals surface area (Å²) in [6.07, 6.45) is 3.66. The number of allylic oxidation sites excluding steroid dienone is 1. The molecular formula is C21H22O5. The van der Waals surface area contributed by atoms with Crippen LogP contribution in [0, 0.1) is 0 Å². The highest BCUT2D eigenvalue weighted by Gasteiger charge is 2.28. The number of phenolic OH excluding ortho intramolecular Hbond substituents is 1. The molecule has 5 heteroatoms. The lowest BCUT2D eigenvalue weighted by Crippen LogP contribution is -1.99. The van der Waals surface area contributed by atoms with E-state index in [-0.39, 0.29) is 17.3 Å². The maximum absolute atomic E-state index is 12.6. The van der Waals surface area contributed by atoms with Crippen molar-refractivity contribution in [3.8, 4) is 23.0 Å². The first-order chi connectivity index (χ1) is 12.6. The summed E-state index contributed by atoms with van der Waals surface area (Å²) in [5.41, 5.74) is 1.20. The number of benzene rings is 2. The van der Waals surface area contributed by atoms with Gasteiger partial charge in [0.05, 0.1) is 18.8 Å². The zero-order valence-corrected chi connectivity index (χ0v) is 15.0. The molecule has 2 aromatic rings. The fraction of sp³-hybridized carbons (Fsp3) is 0.286. The minimum Gasteiger partial charge on any atom is -0.504 e. The Labute approximate surface area is 152 Å². The average Bonchev–Trinajstić information content (AvgIpc) is 2.94. The van der Waals surface area contributed by atoms with E-state index in [0.29, 0.717) is 41.6 Å². The zero-order valence-electron chi connectivity index (χ0n) is 15.0. The predicted molar refractivity (Wildman–Crippen MR) is 99.1 cm³/mol. The van der Waals surface area contributed by atoms with Crippen LogP contribution >= 0.6 is 0 Å². The molecule has 136 valence electrons. The third kappa shape index (κ3) is 3.82. The minimum atomic E-state index is -0.188. The summed E-state index contributed by atoms with van der Waals surface area (Å²) in [6, 6.07) is 10.2.